The van der Waals surface area contributed by atoms with Gasteiger partial charge in [-0.25, -0.2) is 13.1 Å². The molecule has 1 aromatic carbocycles. The lowest BCUT2D eigenvalue weighted by Gasteiger charge is -2.30. The van der Waals surface area contributed by atoms with Crippen LogP contribution in [0.4, 0.5) is 5.69 Å². The first kappa shape index (κ1) is 22.6. The Labute approximate surface area is 202 Å². The van der Waals surface area contributed by atoms with E-state index in [9.17, 15) is 8.42 Å². The van der Waals surface area contributed by atoms with E-state index in [1.165, 1.54) is 0 Å². The van der Waals surface area contributed by atoms with Gasteiger partial charge in [0.15, 0.2) is 0 Å². The number of thiophene rings is 1. The zero-order chi connectivity index (χ0) is 21.5. The topological polar surface area (TPSA) is 71.1 Å². The summed E-state index contributed by atoms with van der Waals surface area (Å²) in [5, 5.41) is 5.24. The van der Waals surface area contributed by atoms with Crippen molar-refractivity contribution in [2.24, 2.45) is 0 Å². The van der Waals surface area contributed by atoms with Crippen LogP contribution in [0.15, 0.2) is 39.8 Å². The van der Waals surface area contributed by atoms with Gasteiger partial charge in [0.05, 0.1) is 9.99 Å². The van der Waals surface area contributed by atoms with Crippen molar-refractivity contribution in [3.8, 4) is 0 Å². The fourth-order valence-electron chi connectivity index (χ4n) is 3.67. The molecule has 4 rings (SSSR count). The molecule has 1 aliphatic rings. The maximum absolute atomic E-state index is 12.8. The number of nitrogens with zero attached hydrogens (tertiary/aromatic N) is 1. The maximum Gasteiger partial charge on any atom is 0.244 e. The van der Waals surface area contributed by atoms with Gasteiger partial charge in [-0.05, 0) is 65.9 Å². The van der Waals surface area contributed by atoms with Crippen molar-refractivity contribution in [3.63, 3.8) is 0 Å². The second-order valence-corrected chi connectivity index (χ2v) is 12.2. The van der Waals surface area contributed by atoms with Crippen LogP contribution in [0.2, 0.25) is 13.7 Å². The van der Waals surface area contributed by atoms with Gasteiger partial charge < -0.3 is 5.32 Å². The number of halogens is 4. The molecule has 2 aromatic heterocycles. The van der Waals surface area contributed by atoms with Crippen LogP contribution in [0.3, 0.4) is 0 Å². The normalized spacial score (nSPS) is 19.9. The first-order chi connectivity index (χ1) is 14.2. The van der Waals surface area contributed by atoms with Crippen LogP contribution in [0.25, 0.3) is 10.9 Å². The fraction of sp³-hybridized carbons (Fsp3) is 0.316. The zero-order valence-electron chi connectivity index (χ0n) is 15.5. The predicted molar refractivity (Wildman–Crippen MR) is 129 cm³/mol. The number of benzene rings is 1. The number of anilines is 1. The maximum atomic E-state index is 12.8. The molecule has 3 aromatic rings. The van der Waals surface area contributed by atoms with Gasteiger partial charge >= 0.3 is 0 Å². The number of aromatic nitrogens is 1. The van der Waals surface area contributed by atoms with Gasteiger partial charge in [-0.3, -0.25) is 4.98 Å². The minimum atomic E-state index is -3.75. The molecule has 2 heterocycles. The van der Waals surface area contributed by atoms with Crippen molar-refractivity contribution in [2.45, 2.75) is 42.7 Å². The summed E-state index contributed by atoms with van der Waals surface area (Å²) in [6, 6.07) is 7.70. The number of pyridine rings is 1. The average molecular weight is 570 g/mol. The summed E-state index contributed by atoms with van der Waals surface area (Å²) in [7, 11) is -3.75. The average Bonchev–Trinajstić information content (AvgIpc) is 2.95. The summed E-state index contributed by atoms with van der Waals surface area (Å²) in [6.45, 7) is 0. The molecule has 11 heteroatoms. The van der Waals surface area contributed by atoms with E-state index in [1.807, 2.05) is 24.3 Å². The van der Waals surface area contributed by atoms with E-state index in [0.717, 1.165) is 53.6 Å². The van der Waals surface area contributed by atoms with Crippen molar-refractivity contribution in [3.05, 3.63) is 48.6 Å². The lowest BCUT2D eigenvalue weighted by molar-refractivity contribution is 0.387. The third-order valence-electron chi connectivity index (χ3n) is 5.11. The molecular weight excluding hydrogens is 553 g/mol. The number of rotatable bonds is 5. The molecule has 5 nitrogen and oxygen atoms in total. The number of fused-ring (bicyclic) bond motifs is 1. The SMILES string of the molecule is O=S(=O)(N[C@H]1CC[C@@H](Nc2ccnc3cc(Cl)ccc23)CC1)c1c(Cl)sc(Cl)c1Br. The highest BCUT2D eigenvalue weighted by atomic mass is 79.9. The van der Waals surface area contributed by atoms with Crippen molar-refractivity contribution in [2.75, 3.05) is 5.32 Å². The van der Waals surface area contributed by atoms with E-state index in [4.69, 9.17) is 34.8 Å². The van der Waals surface area contributed by atoms with Gasteiger partial charge in [0.1, 0.15) is 13.6 Å². The molecule has 2 N–H and O–H groups in total. The Morgan fingerprint density at radius 3 is 2.40 bits per heavy atom. The summed E-state index contributed by atoms with van der Waals surface area (Å²) >= 11 is 22.4. The third-order valence-corrected chi connectivity index (χ3v) is 10.3. The Balaban J connectivity index is 1.41. The van der Waals surface area contributed by atoms with Crippen molar-refractivity contribution >= 4 is 88.7 Å². The van der Waals surface area contributed by atoms with Gasteiger partial charge in [-0.15, -0.1) is 11.3 Å². The van der Waals surface area contributed by atoms with E-state index < -0.39 is 10.0 Å². The number of nitrogens with one attached hydrogen (secondary N) is 2. The molecule has 0 spiro atoms. The molecule has 0 radical (unpaired) electrons. The summed E-state index contributed by atoms with van der Waals surface area (Å²) in [5.41, 5.74) is 1.84. The van der Waals surface area contributed by atoms with E-state index >= 15 is 0 Å². The molecule has 0 saturated heterocycles. The molecule has 0 aliphatic heterocycles. The van der Waals surface area contributed by atoms with Crippen LogP contribution in [0.1, 0.15) is 25.7 Å². The molecule has 0 unspecified atom stereocenters. The van der Waals surface area contributed by atoms with Gasteiger partial charge in [0, 0.05) is 34.4 Å². The summed E-state index contributed by atoms with van der Waals surface area (Å²) in [4.78, 5) is 4.38. The van der Waals surface area contributed by atoms with Crippen LogP contribution in [0.5, 0.6) is 0 Å². The van der Waals surface area contributed by atoms with Crippen LogP contribution in [0, 0.1) is 0 Å². The molecule has 1 saturated carbocycles. The Hall–Kier alpha value is -0.610. The quantitative estimate of drug-likeness (QED) is 0.358. The van der Waals surface area contributed by atoms with E-state index in [0.29, 0.717) is 13.8 Å². The molecule has 160 valence electrons. The van der Waals surface area contributed by atoms with Crippen molar-refractivity contribution in [1.29, 1.82) is 0 Å². The highest BCUT2D eigenvalue weighted by molar-refractivity contribution is 9.10. The zero-order valence-corrected chi connectivity index (χ0v) is 20.9. The standard InChI is InChI=1S/C19H17BrCl3N3O2S2/c20-16-17(19(23)29-18(16)22)30(27,28)26-12-4-2-11(3-5-12)25-14-7-8-24-15-9-10(21)1-6-13(14)15/h1,6-9,11-12,26H,2-5H2,(H,24,25)/t11-,12+. The van der Waals surface area contributed by atoms with Gasteiger partial charge in [-0.2, -0.15) is 0 Å². The van der Waals surface area contributed by atoms with E-state index in [-0.39, 0.29) is 21.3 Å². The first-order valence-corrected chi connectivity index (χ1v) is 13.4. The van der Waals surface area contributed by atoms with Crippen molar-refractivity contribution in [1.82, 2.24) is 9.71 Å². The van der Waals surface area contributed by atoms with Crippen LogP contribution >= 0.6 is 62.1 Å². The highest BCUT2D eigenvalue weighted by Gasteiger charge is 2.30. The smallest absolute Gasteiger partial charge is 0.244 e. The largest absolute Gasteiger partial charge is 0.382 e. The lowest BCUT2D eigenvalue weighted by atomic mass is 9.91. The van der Waals surface area contributed by atoms with E-state index in [2.05, 4.69) is 31.0 Å². The van der Waals surface area contributed by atoms with E-state index in [1.54, 1.807) is 6.20 Å². The second kappa shape index (κ2) is 9.10. The Kier molecular flexibility index (Phi) is 6.85. The monoisotopic (exact) mass is 567 g/mol. The predicted octanol–water partition coefficient (Wildman–Crippen LogP) is 6.72. The first-order valence-electron chi connectivity index (χ1n) is 9.21. The van der Waals surface area contributed by atoms with Crippen molar-refractivity contribution < 1.29 is 8.42 Å². The minimum absolute atomic E-state index is 0.0151. The molecular formula is C19H17BrCl3N3O2S2. The number of hydrogen-bond donors (Lipinski definition) is 2. The third kappa shape index (κ3) is 4.75. The van der Waals surface area contributed by atoms with Gasteiger partial charge in [0.25, 0.3) is 0 Å². The Morgan fingerprint density at radius 1 is 1.03 bits per heavy atom. The Morgan fingerprint density at radius 2 is 1.73 bits per heavy atom. The molecule has 0 bridgehead atoms. The van der Waals surface area contributed by atoms with Crippen LogP contribution in [-0.4, -0.2) is 25.5 Å². The fourth-order valence-corrected chi connectivity index (χ4v) is 8.70. The van der Waals surface area contributed by atoms with Gasteiger partial charge in [0.2, 0.25) is 10.0 Å². The molecule has 0 amide bonds. The van der Waals surface area contributed by atoms with Crippen LogP contribution < -0.4 is 10.0 Å². The van der Waals surface area contributed by atoms with Crippen LogP contribution in [-0.2, 0) is 10.0 Å². The summed E-state index contributed by atoms with van der Waals surface area (Å²) in [5.74, 6) is 0. The summed E-state index contributed by atoms with van der Waals surface area (Å²) in [6.07, 6.45) is 4.87. The number of sulfonamides is 1. The Bertz CT molecular complexity index is 1200. The minimum Gasteiger partial charge on any atom is -0.382 e. The van der Waals surface area contributed by atoms with Gasteiger partial charge in [-0.1, -0.05) is 34.8 Å². The number of hydrogen-bond acceptors (Lipinski definition) is 5. The molecule has 0 atom stereocenters. The highest BCUT2D eigenvalue weighted by Crippen LogP contribution is 2.43. The second-order valence-electron chi connectivity index (χ2n) is 7.13. The molecule has 1 fully saturated rings. The lowest BCUT2D eigenvalue weighted by Crippen LogP contribution is -2.40. The molecule has 30 heavy (non-hydrogen) atoms. The molecule has 1 aliphatic carbocycles. The summed E-state index contributed by atoms with van der Waals surface area (Å²) < 4.78 is 29.1.